The van der Waals surface area contributed by atoms with Crippen LogP contribution in [0.5, 0.6) is 0 Å². The third-order valence-electron chi connectivity index (χ3n) is 1.97. The standard InChI is InChI=1S/C12H14N2O/c1-12(2,3)11(15)9(8-13)7-10-5-4-6-14-10/h4-7,14H,1-3H3/b9-7+. The molecule has 1 aromatic heterocycles. The maximum Gasteiger partial charge on any atom is 0.178 e. The SMILES string of the molecule is CC(C)(C)C(=O)/C(C#N)=C/c1ccc[nH]1. The molecule has 0 fully saturated rings. The number of Topliss-reactive ketones (excluding diaryl/α,β-unsaturated/α-hetero) is 1. The Labute approximate surface area is 89.4 Å². The minimum atomic E-state index is -0.520. The van der Waals surface area contributed by atoms with Gasteiger partial charge in [-0.15, -0.1) is 0 Å². The summed E-state index contributed by atoms with van der Waals surface area (Å²) in [6.45, 7) is 5.40. The zero-order valence-corrected chi connectivity index (χ0v) is 9.16. The fourth-order valence-electron chi connectivity index (χ4n) is 1.14. The summed E-state index contributed by atoms with van der Waals surface area (Å²) in [5, 5.41) is 8.91. The molecule has 0 aliphatic heterocycles. The monoisotopic (exact) mass is 202 g/mol. The molecule has 78 valence electrons. The van der Waals surface area contributed by atoms with Crippen molar-refractivity contribution in [2.45, 2.75) is 20.8 Å². The molecule has 1 rings (SSSR count). The fraction of sp³-hybridized carbons (Fsp3) is 0.333. The van der Waals surface area contributed by atoms with Crippen molar-refractivity contribution in [2.24, 2.45) is 5.41 Å². The zero-order valence-electron chi connectivity index (χ0n) is 9.16. The van der Waals surface area contributed by atoms with Gasteiger partial charge in [0.1, 0.15) is 6.07 Å². The van der Waals surface area contributed by atoms with Gasteiger partial charge in [-0.1, -0.05) is 20.8 Å². The molecule has 3 heteroatoms. The zero-order chi connectivity index (χ0) is 11.5. The first-order chi connectivity index (χ1) is 6.95. The number of aromatic amines is 1. The van der Waals surface area contributed by atoms with Gasteiger partial charge < -0.3 is 4.98 Å². The maximum atomic E-state index is 11.8. The van der Waals surface area contributed by atoms with Crippen LogP contribution in [-0.2, 0) is 4.79 Å². The van der Waals surface area contributed by atoms with Gasteiger partial charge in [0.2, 0.25) is 0 Å². The minimum Gasteiger partial charge on any atom is -0.362 e. The molecule has 0 aliphatic rings. The smallest absolute Gasteiger partial charge is 0.178 e. The fourth-order valence-corrected chi connectivity index (χ4v) is 1.14. The van der Waals surface area contributed by atoms with Crippen molar-refractivity contribution in [3.05, 3.63) is 29.6 Å². The van der Waals surface area contributed by atoms with Crippen molar-refractivity contribution in [3.8, 4) is 6.07 Å². The highest BCUT2D eigenvalue weighted by atomic mass is 16.1. The van der Waals surface area contributed by atoms with Crippen molar-refractivity contribution in [2.75, 3.05) is 0 Å². The lowest BCUT2D eigenvalue weighted by molar-refractivity contribution is -0.121. The number of ketones is 1. The summed E-state index contributed by atoms with van der Waals surface area (Å²) < 4.78 is 0. The number of H-pyrrole nitrogens is 1. The third-order valence-corrected chi connectivity index (χ3v) is 1.97. The van der Waals surface area contributed by atoms with Gasteiger partial charge in [0.15, 0.2) is 5.78 Å². The summed E-state index contributed by atoms with van der Waals surface area (Å²) in [6.07, 6.45) is 3.33. The predicted molar refractivity (Wildman–Crippen MR) is 58.8 cm³/mol. The molecular formula is C12H14N2O. The lowest BCUT2D eigenvalue weighted by Gasteiger charge is -2.15. The molecule has 0 aliphatic carbocycles. The molecular weight excluding hydrogens is 188 g/mol. The van der Waals surface area contributed by atoms with E-state index < -0.39 is 5.41 Å². The Kier molecular flexibility index (Phi) is 3.11. The van der Waals surface area contributed by atoms with Crippen molar-refractivity contribution < 1.29 is 4.79 Å². The highest BCUT2D eigenvalue weighted by Crippen LogP contribution is 2.20. The first-order valence-electron chi connectivity index (χ1n) is 4.75. The van der Waals surface area contributed by atoms with E-state index in [1.54, 1.807) is 33.0 Å². The molecule has 0 saturated heterocycles. The number of carbonyl (C=O) groups is 1. The van der Waals surface area contributed by atoms with Crippen LogP contribution >= 0.6 is 0 Å². The largest absolute Gasteiger partial charge is 0.362 e. The number of allylic oxidation sites excluding steroid dienone is 1. The summed E-state index contributed by atoms with van der Waals surface area (Å²) in [5.41, 5.74) is 0.433. The quantitative estimate of drug-likeness (QED) is 0.591. The van der Waals surface area contributed by atoms with Gasteiger partial charge in [0.05, 0.1) is 5.57 Å². The number of rotatable bonds is 2. The van der Waals surface area contributed by atoms with Crippen LogP contribution < -0.4 is 0 Å². The minimum absolute atomic E-state index is 0.139. The average molecular weight is 202 g/mol. The van der Waals surface area contributed by atoms with Gasteiger partial charge in [-0.05, 0) is 18.2 Å². The highest BCUT2D eigenvalue weighted by Gasteiger charge is 2.24. The van der Waals surface area contributed by atoms with Crippen LogP contribution in [0, 0.1) is 16.7 Å². The van der Waals surface area contributed by atoms with E-state index in [0.717, 1.165) is 5.69 Å². The van der Waals surface area contributed by atoms with E-state index in [4.69, 9.17) is 5.26 Å². The van der Waals surface area contributed by atoms with Crippen molar-refractivity contribution in [1.82, 2.24) is 4.98 Å². The summed E-state index contributed by atoms with van der Waals surface area (Å²) in [4.78, 5) is 14.7. The van der Waals surface area contributed by atoms with E-state index in [2.05, 4.69) is 4.98 Å². The molecule has 0 saturated carbocycles. The van der Waals surface area contributed by atoms with Crippen molar-refractivity contribution in [1.29, 1.82) is 5.26 Å². The Balaban J connectivity index is 3.02. The van der Waals surface area contributed by atoms with Crippen LogP contribution in [0.3, 0.4) is 0 Å². The van der Waals surface area contributed by atoms with Gasteiger partial charge >= 0.3 is 0 Å². The van der Waals surface area contributed by atoms with E-state index in [1.807, 2.05) is 18.2 Å². The van der Waals surface area contributed by atoms with E-state index in [1.165, 1.54) is 0 Å². The molecule has 0 unspecified atom stereocenters. The van der Waals surface area contributed by atoms with Crippen LogP contribution in [0.25, 0.3) is 6.08 Å². The Hall–Kier alpha value is -1.82. The Morgan fingerprint density at radius 3 is 2.60 bits per heavy atom. The van der Waals surface area contributed by atoms with E-state index in [-0.39, 0.29) is 11.4 Å². The highest BCUT2D eigenvalue weighted by molar-refractivity contribution is 6.05. The molecule has 0 aromatic carbocycles. The van der Waals surface area contributed by atoms with Crippen molar-refractivity contribution in [3.63, 3.8) is 0 Å². The van der Waals surface area contributed by atoms with Gasteiger partial charge in [-0.3, -0.25) is 4.79 Å². The Bertz CT molecular complexity index is 413. The molecule has 1 heterocycles. The Morgan fingerprint density at radius 2 is 2.20 bits per heavy atom. The number of nitrogens with zero attached hydrogens (tertiary/aromatic N) is 1. The second kappa shape index (κ2) is 4.14. The number of hydrogen-bond donors (Lipinski definition) is 1. The predicted octanol–water partition coefficient (Wildman–Crippen LogP) is 2.54. The molecule has 0 bridgehead atoms. The van der Waals surface area contributed by atoms with Crippen molar-refractivity contribution >= 4 is 11.9 Å². The second-order valence-electron chi connectivity index (χ2n) is 4.37. The average Bonchev–Trinajstić information content (AvgIpc) is 2.64. The topological polar surface area (TPSA) is 56.6 Å². The number of nitrogens with one attached hydrogen (secondary N) is 1. The normalized spacial score (nSPS) is 12.3. The van der Waals surface area contributed by atoms with Gasteiger partial charge in [0, 0.05) is 17.3 Å². The molecule has 1 aromatic rings. The summed E-state index contributed by atoms with van der Waals surface area (Å²) in [7, 11) is 0. The lowest BCUT2D eigenvalue weighted by Crippen LogP contribution is -2.21. The van der Waals surface area contributed by atoms with Gasteiger partial charge in [-0.2, -0.15) is 5.26 Å². The van der Waals surface area contributed by atoms with E-state index in [9.17, 15) is 4.79 Å². The number of nitriles is 1. The molecule has 0 radical (unpaired) electrons. The number of hydrogen-bond acceptors (Lipinski definition) is 2. The van der Waals surface area contributed by atoms with Crippen LogP contribution in [-0.4, -0.2) is 10.8 Å². The molecule has 3 nitrogen and oxygen atoms in total. The molecule has 0 atom stereocenters. The molecule has 0 amide bonds. The van der Waals surface area contributed by atoms with Gasteiger partial charge in [0.25, 0.3) is 0 Å². The lowest BCUT2D eigenvalue weighted by atomic mass is 9.86. The molecule has 0 spiro atoms. The molecule has 1 N–H and O–H groups in total. The summed E-state index contributed by atoms with van der Waals surface area (Å²) >= 11 is 0. The third kappa shape index (κ3) is 2.81. The van der Waals surface area contributed by atoms with Crippen LogP contribution in [0.15, 0.2) is 23.9 Å². The summed E-state index contributed by atoms with van der Waals surface area (Å²) in [6, 6.07) is 5.57. The first kappa shape index (κ1) is 11.3. The van der Waals surface area contributed by atoms with E-state index in [0.29, 0.717) is 0 Å². The van der Waals surface area contributed by atoms with E-state index >= 15 is 0 Å². The number of aromatic nitrogens is 1. The number of carbonyl (C=O) groups excluding carboxylic acids is 1. The van der Waals surface area contributed by atoms with Crippen LogP contribution in [0.2, 0.25) is 0 Å². The van der Waals surface area contributed by atoms with Gasteiger partial charge in [-0.25, -0.2) is 0 Å². The second-order valence-corrected chi connectivity index (χ2v) is 4.37. The van der Waals surface area contributed by atoms with Crippen LogP contribution in [0.1, 0.15) is 26.5 Å². The summed E-state index contributed by atoms with van der Waals surface area (Å²) in [5.74, 6) is -0.139. The Morgan fingerprint density at radius 1 is 1.53 bits per heavy atom. The maximum absolute atomic E-state index is 11.8. The molecule has 15 heavy (non-hydrogen) atoms. The van der Waals surface area contributed by atoms with Crippen LogP contribution in [0.4, 0.5) is 0 Å². The first-order valence-corrected chi connectivity index (χ1v) is 4.75.